The van der Waals surface area contributed by atoms with E-state index < -0.39 is 11.9 Å². The summed E-state index contributed by atoms with van der Waals surface area (Å²) in [5.41, 5.74) is 3.81. The Hall–Kier alpha value is -3.67. The Balaban J connectivity index is 1.63. The third kappa shape index (κ3) is 3.94. The quantitative estimate of drug-likeness (QED) is 0.442. The lowest BCUT2D eigenvalue weighted by molar-refractivity contribution is -0.142. The molecule has 6 heteroatoms. The van der Waals surface area contributed by atoms with E-state index in [4.69, 9.17) is 18.9 Å². The number of rotatable bonds is 8. The monoisotopic (exact) mass is 460 g/mol. The van der Waals surface area contributed by atoms with Crippen molar-refractivity contribution in [1.29, 1.82) is 0 Å². The summed E-state index contributed by atoms with van der Waals surface area (Å²) in [6, 6.07) is 19.4. The summed E-state index contributed by atoms with van der Waals surface area (Å²) in [6.45, 7) is 2.94. The normalized spacial score (nSPS) is 20.1. The van der Waals surface area contributed by atoms with Crippen LogP contribution in [0.3, 0.4) is 0 Å². The van der Waals surface area contributed by atoms with Crippen LogP contribution in [0, 0.1) is 5.92 Å². The van der Waals surface area contributed by atoms with Crippen molar-refractivity contribution in [2.45, 2.75) is 31.6 Å². The van der Waals surface area contributed by atoms with Crippen molar-refractivity contribution in [3.05, 3.63) is 82.9 Å². The Bertz CT molecular complexity index is 1190. The fourth-order valence-electron chi connectivity index (χ4n) is 5.09. The lowest BCUT2D eigenvalue weighted by atomic mass is 9.79. The van der Waals surface area contributed by atoms with Gasteiger partial charge in [-0.2, -0.15) is 0 Å². The first-order valence-corrected chi connectivity index (χ1v) is 11.6. The van der Waals surface area contributed by atoms with E-state index in [0.29, 0.717) is 18.1 Å². The predicted octanol–water partition coefficient (Wildman–Crippen LogP) is 5.58. The number of hydrogen-bond donors (Lipinski definition) is 1. The van der Waals surface area contributed by atoms with Crippen LogP contribution in [0.1, 0.15) is 53.9 Å². The summed E-state index contributed by atoms with van der Waals surface area (Å²) in [6.07, 6.45) is 2.02. The average molecular weight is 461 g/mol. The molecule has 0 amide bonds. The number of benzene rings is 3. The molecule has 2 aliphatic rings. The van der Waals surface area contributed by atoms with Crippen molar-refractivity contribution in [2.75, 3.05) is 20.5 Å². The molecule has 0 radical (unpaired) electrons. The fourth-order valence-corrected chi connectivity index (χ4v) is 5.09. The number of aliphatic carboxylic acids is 1. The highest BCUT2D eigenvalue weighted by atomic mass is 16.7. The first kappa shape index (κ1) is 22.1. The molecule has 1 aliphatic heterocycles. The molecule has 0 aromatic heterocycles. The van der Waals surface area contributed by atoms with Gasteiger partial charge >= 0.3 is 5.97 Å². The molecule has 5 rings (SSSR count). The van der Waals surface area contributed by atoms with E-state index in [1.54, 1.807) is 7.11 Å². The minimum Gasteiger partial charge on any atom is -0.497 e. The Labute approximate surface area is 199 Å². The summed E-state index contributed by atoms with van der Waals surface area (Å²) in [5.74, 6) is 0.639. The van der Waals surface area contributed by atoms with Crippen LogP contribution >= 0.6 is 0 Å². The highest BCUT2D eigenvalue weighted by molar-refractivity contribution is 5.78. The van der Waals surface area contributed by atoms with Gasteiger partial charge in [0.25, 0.3) is 0 Å². The van der Waals surface area contributed by atoms with Crippen molar-refractivity contribution in [3.8, 4) is 23.0 Å². The molecule has 0 saturated heterocycles. The van der Waals surface area contributed by atoms with Crippen molar-refractivity contribution in [2.24, 2.45) is 5.92 Å². The minimum absolute atomic E-state index is 0.176. The van der Waals surface area contributed by atoms with Crippen LogP contribution in [0.4, 0.5) is 0 Å². The molecule has 0 bridgehead atoms. The molecule has 0 saturated carbocycles. The van der Waals surface area contributed by atoms with Gasteiger partial charge in [0, 0.05) is 11.8 Å². The number of unbranched alkanes of at least 4 members (excludes halogenated alkanes) is 1. The van der Waals surface area contributed by atoms with Crippen LogP contribution in [0.25, 0.3) is 0 Å². The average Bonchev–Trinajstić information content (AvgIpc) is 3.46. The summed E-state index contributed by atoms with van der Waals surface area (Å²) in [7, 11) is 1.62. The fraction of sp³-hybridized carbons (Fsp3) is 0.321. The first-order chi connectivity index (χ1) is 16.6. The number of carboxylic acids is 1. The largest absolute Gasteiger partial charge is 0.497 e. The van der Waals surface area contributed by atoms with Gasteiger partial charge in [-0.1, -0.05) is 37.6 Å². The zero-order valence-corrected chi connectivity index (χ0v) is 19.3. The first-order valence-electron chi connectivity index (χ1n) is 11.6. The molecule has 0 spiro atoms. The lowest BCUT2D eigenvalue weighted by Crippen LogP contribution is -2.23. The third-order valence-electron chi connectivity index (χ3n) is 6.73. The summed E-state index contributed by atoms with van der Waals surface area (Å²) in [4.78, 5) is 12.8. The number of ether oxygens (including phenoxy) is 4. The Morgan fingerprint density at radius 1 is 0.912 bits per heavy atom. The molecule has 3 aromatic rings. The molecule has 34 heavy (non-hydrogen) atoms. The molecular weight excluding hydrogens is 432 g/mol. The predicted molar refractivity (Wildman–Crippen MR) is 127 cm³/mol. The molecule has 176 valence electrons. The summed E-state index contributed by atoms with van der Waals surface area (Å²) in [5, 5.41) is 10.5. The number of fused-ring (bicyclic) bond motifs is 2. The van der Waals surface area contributed by atoms with E-state index in [1.807, 2.05) is 60.7 Å². The van der Waals surface area contributed by atoms with Gasteiger partial charge in [-0.15, -0.1) is 0 Å². The molecule has 1 N–H and O–H groups in total. The standard InChI is InChI=1S/C28H28O6/c1-3-4-13-32-20-10-11-21-22(15-20)25(17-5-8-19(31-2)9-6-17)27(28(29)30)26(21)18-7-12-23-24(14-18)34-16-33-23/h5-12,14-15,25-27H,3-4,13,16H2,1-2H3,(H,29,30). The van der Waals surface area contributed by atoms with E-state index in [-0.39, 0.29) is 18.6 Å². The van der Waals surface area contributed by atoms with E-state index in [1.165, 1.54) is 0 Å². The van der Waals surface area contributed by atoms with Gasteiger partial charge in [-0.3, -0.25) is 4.79 Å². The van der Waals surface area contributed by atoms with Crippen LogP contribution in [-0.4, -0.2) is 31.6 Å². The van der Waals surface area contributed by atoms with Crippen molar-refractivity contribution >= 4 is 5.97 Å². The maximum atomic E-state index is 12.8. The van der Waals surface area contributed by atoms with E-state index in [9.17, 15) is 9.90 Å². The molecule has 3 aromatic carbocycles. The van der Waals surface area contributed by atoms with Crippen LogP contribution in [0.2, 0.25) is 0 Å². The third-order valence-corrected chi connectivity index (χ3v) is 6.73. The van der Waals surface area contributed by atoms with Crippen molar-refractivity contribution < 1.29 is 28.8 Å². The second kappa shape index (κ2) is 9.29. The van der Waals surface area contributed by atoms with Gasteiger partial charge in [0.2, 0.25) is 6.79 Å². The highest BCUT2D eigenvalue weighted by Crippen LogP contribution is 2.54. The minimum atomic E-state index is -0.840. The maximum absolute atomic E-state index is 12.8. The zero-order chi connectivity index (χ0) is 23.7. The molecule has 3 unspecified atom stereocenters. The second-order valence-electron chi connectivity index (χ2n) is 8.70. The summed E-state index contributed by atoms with van der Waals surface area (Å²) < 4.78 is 22.4. The second-order valence-corrected chi connectivity index (χ2v) is 8.70. The maximum Gasteiger partial charge on any atom is 0.308 e. The summed E-state index contributed by atoms with van der Waals surface area (Å²) >= 11 is 0. The highest BCUT2D eigenvalue weighted by Gasteiger charge is 2.47. The van der Waals surface area contributed by atoms with Gasteiger partial charge in [-0.25, -0.2) is 0 Å². The Morgan fingerprint density at radius 2 is 1.62 bits per heavy atom. The van der Waals surface area contributed by atoms with Gasteiger partial charge in [0.15, 0.2) is 11.5 Å². The zero-order valence-electron chi connectivity index (χ0n) is 19.3. The van der Waals surface area contributed by atoms with Crippen LogP contribution < -0.4 is 18.9 Å². The molecule has 1 heterocycles. The number of carboxylic acid groups (broad SMARTS) is 1. The Kier molecular flexibility index (Phi) is 6.05. The van der Waals surface area contributed by atoms with E-state index >= 15 is 0 Å². The molecular formula is C28H28O6. The number of methoxy groups -OCH3 is 1. The van der Waals surface area contributed by atoms with Crippen LogP contribution in [0.5, 0.6) is 23.0 Å². The smallest absolute Gasteiger partial charge is 0.308 e. The van der Waals surface area contributed by atoms with Gasteiger partial charge in [0.1, 0.15) is 11.5 Å². The molecule has 3 atom stereocenters. The topological polar surface area (TPSA) is 74.2 Å². The molecule has 6 nitrogen and oxygen atoms in total. The number of carbonyl (C=O) groups is 1. The van der Waals surface area contributed by atoms with E-state index in [2.05, 4.69) is 6.92 Å². The molecule has 0 fully saturated rings. The molecule has 1 aliphatic carbocycles. The van der Waals surface area contributed by atoms with E-state index in [0.717, 1.165) is 46.6 Å². The van der Waals surface area contributed by atoms with Crippen LogP contribution in [-0.2, 0) is 4.79 Å². The van der Waals surface area contributed by atoms with Crippen molar-refractivity contribution in [1.82, 2.24) is 0 Å². The van der Waals surface area contributed by atoms with Crippen LogP contribution in [0.15, 0.2) is 60.7 Å². The number of hydrogen-bond acceptors (Lipinski definition) is 5. The SMILES string of the molecule is CCCCOc1ccc2c(c1)C(c1ccc(OC)cc1)C(C(=O)O)C2c1ccc2c(c1)OCO2. The Morgan fingerprint density at radius 3 is 2.35 bits per heavy atom. The lowest BCUT2D eigenvalue weighted by Gasteiger charge is -2.23. The van der Waals surface area contributed by atoms with Gasteiger partial charge in [0.05, 0.1) is 19.6 Å². The van der Waals surface area contributed by atoms with Gasteiger partial charge in [-0.05, 0) is 65.1 Å². The van der Waals surface area contributed by atoms with Crippen molar-refractivity contribution in [3.63, 3.8) is 0 Å². The van der Waals surface area contributed by atoms with Gasteiger partial charge < -0.3 is 24.1 Å².